The topological polar surface area (TPSA) is 32.3 Å². The molecule has 6 heteroatoms. The average molecular weight is 286 g/mol. The predicted molar refractivity (Wildman–Crippen MR) is 70.3 cm³/mol. The molecule has 1 fully saturated rings. The minimum Gasteiger partial charge on any atom is -0.325 e. The zero-order valence-electron chi connectivity index (χ0n) is 11.2. The van der Waals surface area contributed by atoms with E-state index in [2.05, 4.69) is 10.2 Å². The summed E-state index contributed by atoms with van der Waals surface area (Å²) in [6, 6.07) is 4.96. The number of benzene rings is 1. The molecule has 3 nitrogen and oxygen atoms in total. The van der Waals surface area contributed by atoms with Crippen molar-refractivity contribution in [1.29, 1.82) is 0 Å². The molecule has 1 saturated carbocycles. The van der Waals surface area contributed by atoms with E-state index >= 15 is 0 Å². The molecule has 0 atom stereocenters. The summed E-state index contributed by atoms with van der Waals surface area (Å²) in [5.41, 5.74) is -0.335. The molecule has 1 N–H and O–H groups in total. The van der Waals surface area contributed by atoms with Crippen LogP contribution in [-0.4, -0.2) is 29.9 Å². The van der Waals surface area contributed by atoms with Crippen LogP contribution in [-0.2, 0) is 11.0 Å². The Kier molecular flexibility index (Phi) is 4.32. The first-order chi connectivity index (χ1) is 9.40. The molecule has 0 bridgehead atoms. The Bertz CT molecular complexity index is 466. The van der Waals surface area contributed by atoms with Gasteiger partial charge in [0.15, 0.2) is 0 Å². The van der Waals surface area contributed by atoms with Crippen molar-refractivity contribution < 1.29 is 18.0 Å². The summed E-state index contributed by atoms with van der Waals surface area (Å²) in [6.45, 7) is 3.07. The number of nitrogens with one attached hydrogen (secondary N) is 1. The van der Waals surface area contributed by atoms with Crippen LogP contribution in [0, 0.1) is 0 Å². The SMILES string of the molecule is CCN(CC(=O)Nc1ccc(C(F)(F)F)cc1)C1CC1. The highest BCUT2D eigenvalue weighted by Gasteiger charge is 2.30. The lowest BCUT2D eigenvalue weighted by Gasteiger charge is -2.19. The van der Waals surface area contributed by atoms with Crippen LogP contribution >= 0.6 is 0 Å². The third-order valence-corrected chi connectivity index (χ3v) is 3.31. The number of likely N-dealkylation sites (N-methyl/N-ethyl adjacent to an activating group) is 1. The second kappa shape index (κ2) is 5.83. The fourth-order valence-electron chi connectivity index (χ4n) is 2.07. The number of hydrogen-bond donors (Lipinski definition) is 1. The van der Waals surface area contributed by atoms with Gasteiger partial charge in [-0.05, 0) is 43.7 Å². The van der Waals surface area contributed by atoms with Gasteiger partial charge in [-0.3, -0.25) is 9.69 Å². The standard InChI is InChI=1S/C14H17F3N2O/c1-2-19(12-7-8-12)9-13(20)18-11-5-3-10(4-6-11)14(15,16)17/h3-6,12H,2,7-9H2,1H3,(H,18,20). The lowest BCUT2D eigenvalue weighted by molar-refractivity contribution is -0.137. The Balaban J connectivity index is 1.90. The van der Waals surface area contributed by atoms with E-state index in [1.54, 1.807) is 0 Å². The largest absolute Gasteiger partial charge is 0.416 e. The van der Waals surface area contributed by atoms with Gasteiger partial charge in [-0.15, -0.1) is 0 Å². The van der Waals surface area contributed by atoms with Gasteiger partial charge in [-0.25, -0.2) is 0 Å². The second-order valence-corrected chi connectivity index (χ2v) is 4.92. The predicted octanol–water partition coefficient (Wildman–Crippen LogP) is 3.13. The molecule has 2 rings (SSSR count). The van der Waals surface area contributed by atoms with Gasteiger partial charge in [0.2, 0.25) is 5.91 Å². The lowest BCUT2D eigenvalue weighted by Crippen LogP contribution is -2.34. The van der Waals surface area contributed by atoms with Gasteiger partial charge >= 0.3 is 6.18 Å². The van der Waals surface area contributed by atoms with Crippen molar-refractivity contribution in [2.75, 3.05) is 18.4 Å². The Morgan fingerprint density at radius 1 is 1.30 bits per heavy atom. The van der Waals surface area contributed by atoms with E-state index in [1.807, 2.05) is 6.92 Å². The van der Waals surface area contributed by atoms with Crippen LogP contribution in [0.15, 0.2) is 24.3 Å². The zero-order valence-corrected chi connectivity index (χ0v) is 11.2. The average Bonchev–Trinajstić information content (AvgIpc) is 3.19. The zero-order chi connectivity index (χ0) is 14.8. The number of halogens is 3. The minimum atomic E-state index is -4.35. The fraction of sp³-hybridized carbons (Fsp3) is 0.500. The smallest absolute Gasteiger partial charge is 0.325 e. The highest BCUT2D eigenvalue weighted by atomic mass is 19.4. The first-order valence-corrected chi connectivity index (χ1v) is 6.61. The molecule has 1 aromatic carbocycles. The molecule has 20 heavy (non-hydrogen) atoms. The van der Waals surface area contributed by atoms with E-state index in [-0.39, 0.29) is 12.5 Å². The normalized spacial score (nSPS) is 15.4. The van der Waals surface area contributed by atoms with Crippen LogP contribution in [0.2, 0.25) is 0 Å². The molecule has 0 radical (unpaired) electrons. The summed E-state index contributed by atoms with van der Waals surface area (Å²) in [7, 11) is 0. The van der Waals surface area contributed by atoms with E-state index in [9.17, 15) is 18.0 Å². The van der Waals surface area contributed by atoms with Crippen LogP contribution in [0.1, 0.15) is 25.3 Å². The van der Waals surface area contributed by atoms with Gasteiger partial charge in [0.05, 0.1) is 12.1 Å². The molecule has 1 aliphatic rings. The number of carbonyl (C=O) groups is 1. The van der Waals surface area contributed by atoms with Gasteiger partial charge in [0.25, 0.3) is 0 Å². The fourth-order valence-corrected chi connectivity index (χ4v) is 2.07. The molecule has 0 spiro atoms. The van der Waals surface area contributed by atoms with Gasteiger partial charge in [-0.1, -0.05) is 6.92 Å². The van der Waals surface area contributed by atoms with Crippen molar-refractivity contribution in [3.8, 4) is 0 Å². The number of hydrogen-bond acceptors (Lipinski definition) is 2. The summed E-state index contributed by atoms with van der Waals surface area (Å²) in [4.78, 5) is 13.9. The number of amides is 1. The molecule has 0 aromatic heterocycles. The van der Waals surface area contributed by atoms with Gasteiger partial charge < -0.3 is 5.32 Å². The summed E-state index contributed by atoms with van der Waals surface area (Å²) >= 11 is 0. The summed E-state index contributed by atoms with van der Waals surface area (Å²) in [5, 5.41) is 2.62. The molecule has 0 aliphatic heterocycles. The monoisotopic (exact) mass is 286 g/mol. The second-order valence-electron chi connectivity index (χ2n) is 4.92. The van der Waals surface area contributed by atoms with E-state index in [0.29, 0.717) is 11.7 Å². The number of carbonyl (C=O) groups excluding carboxylic acids is 1. The molecule has 1 aliphatic carbocycles. The number of rotatable bonds is 5. The molecule has 1 aromatic rings. The Labute approximate surface area is 115 Å². The molecule has 0 heterocycles. The molecule has 0 saturated heterocycles. The number of alkyl halides is 3. The molecular weight excluding hydrogens is 269 g/mol. The molecular formula is C14H17F3N2O. The van der Waals surface area contributed by atoms with Crippen molar-refractivity contribution in [1.82, 2.24) is 4.90 Å². The van der Waals surface area contributed by atoms with Gasteiger partial charge in [0.1, 0.15) is 0 Å². The summed E-state index contributed by atoms with van der Waals surface area (Å²) < 4.78 is 37.2. The molecule has 1 amide bonds. The van der Waals surface area contributed by atoms with Crippen molar-refractivity contribution >= 4 is 11.6 Å². The summed E-state index contributed by atoms with van der Waals surface area (Å²) in [6.07, 6.45) is -2.13. The maximum absolute atomic E-state index is 12.4. The quantitative estimate of drug-likeness (QED) is 0.902. The maximum atomic E-state index is 12.4. The minimum absolute atomic E-state index is 0.196. The first-order valence-electron chi connectivity index (χ1n) is 6.61. The van der Waals surface area contributed by atoms with E-state index in [0.717, 1.165) is 31.5 Å². The lowest BCUT2D eigenvalue weighted by atomic mass is 10.2. The van der Waals surface area contributed by atoms with Crippen molar-refractivity contribution in [3.05, 3.63) is 29.8 Å². The highest BCUT2D eigenvalue weighted by Crippen LogP contribution is 2.30. The van der Waals surface area contributed by atoms with Gasteiger partial charge in [-0.2, -0.15) is 13.2 Å². The van der Waals surface area contributed by atoms with Crippen LogP contribution in [0.5, 0.6) is 0 Å². The van der Waals surface area contributed by atoms with Gasteiger partial charge in [0, 0.05) is 11.7 Å². The Morgan fingerprint density at radius 2 is 1.90 bits per heavy atom. The summed E-state index contributed by atoms with van der Waals surface area (Å²) in [5.74, 6) is -0.196. The van der Waals surface area contributed by atoms with Crippen molar-refractivity contribution in [2.45, 2.75) is 32.0 Å². The van der Waals surface area contributed by atoms with E-state index < -0.39 is 11.7 Å². The molecule has 0 unspecified atom stereocenters. The third-order valence-electron chi connectivity index (χ3n) is 3.31. The molecule has 110 valence electrons. The highest BCUT2D eigenvalue weighted by molar-refractivity contribution is 5.92. The van der Waals surface area contributed by atoms with Crippen LogP contribution in [0.25, 0.3) is 0 Å². The van der Waals surface area contributed by atoms with Crippen molar-refractivity contribution in [3.63, 3.8) is 0 Å². The number of nitrogens with zero attached hydrogens (tertiary/aromatic N) is 1. The number of anilines is 1. The Hall–Kier alpha value is -1.56. The third kappa shape index (κ3) is 3.96. The van der Waals surface area contributed by atoms with Crippen LogP contribution in [0.3, 0.4) is 0 Å². The van der Waals surface area contributed by atoms with Crippen molar-refractivity contribution in [2.24, 2.45) is 0 Å². The first kappa shape index (κ1) is 14.8. The van der Waals surface area contributed by atoms with E-state index in [1.165, 1.54) is 12.1 Å². The Morgan fingerprint density at radius 3 is 2.35 bits per heavy atom. The van der Waals surface area contributed by atoms with E-state index in [4.69, 9.17) is 0 Å². The maximum Gasteiger partial charge on any atom is 0.416 e. The van der Waals surface area contributed by atoms with Crippen LogP contribution in [0.4, 0.5) is 18.9 Å². The van der Waals surface area contributed by atoms with Crippen LogP contribution < -0.4 is 5.32 Å².